The Kier molecular flexibility index (Phi) is 7.10. The third-order valence-corrected chi connectivity index (χ3v) is 5.22. The van der Waals surface area contributed by atoms with Crippen molar-refractivity contribution in [3.05, 3.63) is 0 Å². The predicted octanol–water partition coefficient (Wildman–Crippen LogP) is 1.97. The minimum absolute atomic E-state index is 0.133. The molecule has 25 heavy (non-hydrogen) atoms. The highest BCUT2D eigenvalue weighted by atomic mass is 16.8. The van der Waals surface area contributed by atoms with Gasteiger partial charge in [0, 0.05) is 12.8 Å². The number of carbonyl (C=O) groups excluding carboxylic acids is 3. The van der Waals surface area contributed by atoms with Crippen molar-refractivity contribution in [3.8, 4) is 0 Å². The standard InChI is InChI=1S/C18H29NO6/c1-3-14-6-4-5-13(2)9-18(23,10-14)15(20)11-24-12-25-19-16(21)7-8-17(19)22/h13-14,23H,3-12H2,1-2H3. The lowest BCUT2D eigenvalue weighted by atomic mass is 9.74. The molecule has 1 saturated heterocycles. The molecule has 1 saturated carbocycles. The number of rotatable bonds is 7. The largest absolute Gasteiger partial charge is 0.382 e. The monoisotopic (exact) mass is 355 g/mol. The minimum Gasteiger partial charge on any atom is -0.382 e. The van der Waals surface area contributed by atoms with Gasteiger partial charge in [-0.25, -0.2) is 4.84 Å². The average molecular weight is 355 g/mol. The maximum atomic E-state index is 12.5. The highest BCUT2D eigenvalue weighted by Gasteiger charge is 2.40. The van der Waals surface area contributed by atoms with Crippen LogP contribution in [0.15, 0.2) is 0 Å². The van der Waals surface area contributed by atoms with Gasteiger partial charge in [0.2, 0.25) is 0 Å². The number of imide groups is 1. The van der Waals surface area contributed by atoms with E-state index in [0.717, 1.165) is 25.7 Å². The fourth-order valence-corrected chi connectivity index (χ4v) is 3.73. The van der Waals surface area contributed by atoms with Crippen LogP contribution in [0, 0.1) is 11.8 Å². The Balaban J connectivity index is 1.84. The molecule has 0 spiro atoms. The van der Waals surface area contributed by atoms with Crippen molar-refractivity contribution in [1.82, 2.24) is 5.06 Å². The van der Waals surface area contributed by atoms with Gasteiger partial charge in [-0.3, -0.25) is 14.4 Å². The summed E-state index contributed by atoms with van der Waals surface area (Å²) >= 11 is 0. The Labute approximate surface area is 148 Å². The van der Waals surface area contributed by atoms with Crippen molar-refractivity contribution in [2.45, 2.75) is 70.8 Å². The summed E-state index contributed by atoms with van der Waals surface area (Å²) in [6, 6.07) is 0. The van der Waals surface area contributed by atoms with E-state index in [2.05, 4.69) is 13.8 Å². The maximum Gasteiger partial charge on any atom is 0.254 e. The fourth-order valence-electron chi connectivity index (χ4n) is 3.73. The molecular formula is C18H29NO6. The van der Waals surface area contributed by atoms with E-state index in [9.17, 15) is 19.5 Å². The zero-order valence-electron chi connectivity index (χ0n) is 15.2. The summed E-state index contributed by atoms with van der Waals surface area (Å²) in [5.74, 6) is -0.556. The zero-order valence-corrected chi connectivity index (χ0v) is 15.2. The molecule has 7 heteroatoms. The van der Waals surface area contributed by atoms with Crippen LogP contribution >= 0.6 is 0 Å². The molecule has 0 radical (unpaired) electrons. The molecule has 3 atom stereocenters. The van der Waals surface area contributed by atoms with E-state index in [-0.39, 0.29) is 37.9 Å². The molecule has 0 bridgehead atoms. The third kappa shape index (κ3) is 5.33. The summed E-state index contributed by atoms with van der Waals surface area (Å²) < 4.78 is 5.17. The number of ether oxygens (including phenoxy) is 1. The van der Waals surface area contributed by atoms with Gasteiger partial charge in [-0.15, -0.1) is 0 Å². The molecule has 2 rings (SSSR count). The molecule has 0 aromatic carbocycles. The second-order valence-electron chi connectivity index (χ2n) is 7.35. The Morgan fingerprint density at radius 1 is 1.24 bits per heavy atom. The van der Waals surface area contributed by atoms with Crippen LogP contribution in [0.25, 0.3) is 0 Å². The normalized spacial score (nSPS) is 31.1. The molecular weight excluding hydrogens is 326 g/mol. The molecule has 1 aliphatic heterocycles. The van der Waals surface area contributed by atoms with E-state index >= 15 is 0 Å². The number of hydrogen-bond acceptors (Lipinski definition) is 6. The molecule has 1 N–H and O–H groups in total. The first kappa shape index (κ1) is 20.0. The highest BCUT2D eigenvalue weighted by molar-refractivity contribution is 6.00. The summed E-state index contributed by atoms with van der Waals surface area (Å²) in [7, 11) is 0. The number of Topliss-reactive ketones (excluding diaryl/α,β-unsaturated/α-hetero) is 1. The van der Waals surface area contributed by atoms with Gasteiger partial charge in [-0.1, -0.05) is 39.5 Å². The SMILES string of the molecule is CCC1CCCC(C)CC(O)(C(=O)COCON2C(=O)CCC2=O)C1. The van der Waals surface area contributed by atoms with Crippen LogP contribution in [0.2, 0.25) is 0 Å². The molecule has 142 valence electrons. The molecule has 0 aromatic rings. The molecule has 2 aliphatic rings. The highest BCUT2D eigenvalue weighted by Crippen LogP contribution is 2.35. The second kappa shape index (κ2) is 8.87. The van der Waals surface area contributed by atoms with E-state index in [1.54, 1.807) is 0 Å². The number of aliphatic hydroxyl groups is 1. The zero-order chi connectivity index (χ0) is 18.4. The van der Waals surface area contributed by atoms with E-state index in [4.69, 9.17) is 9.57 Å². The van der Waals surface area contributed by atoms with Crippen molar-refractivity contribution in [2.24, 2.45) is 11.8 Å². The van der Waals surface area contributed by atoms with Crippen LogP contribution < -0.4 is 0 Å². The Bertz CT molecular complexity index is 492. The van der Waals surface area contributed by atoms with Crippen LogP contribution in [0.5, 0.6) is 0 Å². The van der Waals surface area contributed by atoms with E-state index in [1.807, 2.05) is 0 Å². The van der Waals surface area contributed by atoms with Crippen LogP contribution in [-0.4, -0.2) is 46.8 Å². The van der Waals surface area contributed by atoms with Gasteiger partial charge in [0.1, 0.15) is 12.2 Å². The van der Waals surface area contributed by atoms with Crippen molar-refractivity contribution < 1.29 is 29.1 Å². The minimum atomic E-state index is -1.38. The van der Waals surface area contributed by atoms with Crippen LogP contribution in [0.1, 0.15) is 65.2 Å². The average Bonchev–Trinajstić information content (AvgIpc) is 2.87. The Morgan fingerprint density at radius 3 is 2.56 bits per heavy atom. The summed E-state index contributed by atoms with van der Waals surface area (Å²) in [4.78, 5) is 40.3. The van der Waals surface area contributed by atoms with Crippen molar-refractivity contribution in [1.29, 1.82) is 0 Å². The molecule has 1 aliphatic carbocycles. The maximum absolute atomic E-state index is 12.5. The number of carbonyl (C=O) groups is 3. The summed E-state index contributed by atoms with van der Waals surface area (Å²) in [6.45, 7) is 3.47. The Morgan fingerprint density at radius 2 is 1.92 bits per heavy atom. The van der Waals surface area contributed by atoms with Gasteiger partial charge in [0.25, 0.3) is 11.8 Å². The van der Waals surface area contributed by atoms with E-state index < -0.39 is 17.4 Å². The van der Waals surface area contributed by atoms with Crippen LogP contribution in [0.3, 0.4) is 0 Å². The molecule has 2 amide bonds. The molecule has 1 heterocycles. The number of hydrogen-bond donors (Lipinski definition) is 1. The number of amides is 2. The predicted molar refractivity (Wildman–Crippen MR) is 89.0 cm³/mol. The first-order chi connectivity index (χ1) is 11.9. The smallest absolute Gasteiger partial charge is 0.254 e. The molecule has 2 fully saturated rings. The van der Waals surface area contributed by atoms with Gasteiger partial charge in [0.15, 0.2) is 12.6 Å². The van der Waals surface area contributed by atoms with Crippen molar-refractivity contribution >= 4 is 17.6 Å². The Hall–Kier alpha value is -1.31. The van der Waals surface area contributed by atoms with Gasteiger partial charge in [-0.2, -0.15) is 5.06 Å². The topological polar surface area (TPSA) is 93.1 Å². The first-order valence-corrected chi connectivity index (χ1v) is 9.18. The number of hydroxylamine groups is 2. The van der Waals surface area contributed by atoms with E-state index in [1.165, 1.54) is 0 Å². The second-order valence-corrected chi connectivity index (χ2v) is 7.35. The van der Waals surface area contributed by atoms with Gasteiger partial charge in [0.05, 0.1) is 0 Å². The van der Waals surface area contributed by atoms with Gasteiger partial charge >= 0.3 is 0 Å². The van der Waals surface area contributed by atoms with E-state index in [0.29, 0.717) is 23.8 Å². The lowest BCUT2D eigenvalue weighted by molar-refractivity contribution is -0.217. The summed E-state index contributed by atoms with van der Waals surface area (Å²) in [5, 5.41) is 11.6. The fraction of sp³-hybridized carbons (Fsp3) is 0.833. The summed E-state index contributed by atoms with van der Waals surface area (Å²) in [6.07, 6.45) is 5.27. The van der Waals surface area contributed by atoms with Gasteiger partial charge < -0.3 is 9.84 Å². The molecule has 0 aromatic heterocycles. The van der Waals surface area contributed by atoms with Crippen molar-refractivity contribution in [3.63, 3.8) is 0 Å². The number of ketones is 1. The quantitative estimate of drug-likeness (QED) is 0.426. The van der Waals surface area contributed by atoms with Crippen molar-refractivity contribution in [2.75, 3.05) is 13.4 Å². The lowest BCUT2D eigenvalue weighted by Crippen LogP contribution is -2.45. The number of nitrogens with zero attached hydrogens (tertiary/aromatic N) is 1. The molecule has 7 nitrogen and oxygen atoms in total. The lowest BCUT2D eigenvalue weighted by Gasteiger charge is -2.35. The molecule has 3 unspecified atom stereocenters. The third-order valence-electron chi connectivity index (χ3n) is 5.22. The van der Waals surface area contributed by atoms with Gasteiger partial charge in [-0.05, 0) is 24.7 Å². The van der Waals surface area contributed by atoms with Crippen LogP contribution in [0.4, 0.5) is 0 Å². The summed E-state index contributed by atoms with van der Waals surface area (Å²) in [5.41, 5.74) is -1.38. The van der Waals surface area contributed by atoms with Crippen LogP contribution in [-0.2, 0) is 24.0 Å². The first-order valence-electron chi connectivity index (χ1n) is 9.18.